The third-order valence-corrected chi connectivity index (χ3v) is 1.48. The van der Waals surface area contributed by atoms with Gasteiger partial charge in [-0.15, -0.1) is 0 Å². The summed E-state index contributed by atoms with van der Waals surface area (Å²) in [7, 11) is 1.78. The summed E-state index contributed by atoms with van der Waals surface area (Å²) in [6, 6.07) is 5.19. The Kier molecular flexibility index (Phi) is 2.33. The van der Waals surface area contributed by atoms with Crippen LogP contribution in [0.15, 0.2) is 18.2 Å². The summed E-state index contributed by atoms with van der Waals surface area (Å²) in [4.78, 5) is 0. The van der Waals surface area contributed by atoms with E-state index in [1.807, 2.05) is 13.0 Å². The number of phenolic OH excluding ortho intramolecular Hbond substituents is 1. The first kappa shape index (κ1) is 7.88. The number of hydrogen-bond donors (Lipinski definition) is 3. The van der Waals surface area contributed by atoms with E-state index in [0.29, 0.717) is 0 Å². The minimum absolute atomic E-state index is 0.272. The van der Waals surface area contributed by atoms with E-state index >= 15 is 0 Å². The number of nitrogens with one attached hydrogen (secondary N) is 2. The van der Waals surface area contributed by atoms with Crippen LogP contribution in [0.3, 0.4) is 0 Å². The average molecular weight is 152 g/mol. The number of aryl methyl sites for hydroxylation is 1. The fraction of sp³-hybridized carbons (Fsp3) is 0.250. The SMILES string of the molecule is CNNc1cc(O)ccc1C. The molecule has 0 aliphatic carbocycles. The third-order valence-electron chi connectivity index (χ3n) is 1.48. The van der Waals surface area contributed by atoms with Gasteiger partial charge < -0.3 is 10.5 Å². The largest absolute Gasteiger partial charge is 0.508 e. The summed E-state index contributed by atoms with van der Waals surface area (Å²) < 4.78 is 0. The van der Waals surface area contributed by atoms with Crippen molar-refractivity contribution in [3.05, 3.63) is 23.8 Å². The maximum atomic E-state index is 9.10. The van der Waals surface area contributed by atoms with Crippen LogP contribution in [0.4, 0.5) is 5.69 Å². The molecule has 0 atom stereocenters. The lowest BCUT2D eigenvalue weighted by Crippen LogP contribution is -2.15. The van der Waals surface area contributed by atoms with Crippen molar-refractivity contribution in [2.75, 3.05) is 12.5 Å². The van der Waals surface area contributed by atoms with Crippen molar-refractivity contribution < 1.29 is 5.11 Å². The van der Waals surface area contributed by atoms with Gasteiger partial charge in [-0.2, -0.15) is 0 Å². The molecule has 0 spiro atoms. The van der Waals surface area contributed by atoms with Gasteiger partial charge in [0.1, 0.15) is 5.75 Å². The molecule has 0 saturated carbocycles. The van der Waals surface area contributed by atoms with Gasteiger partial charge in [-0.3, -0.25) is 0 Å². The van der Waals surface area contributed by atoms with Gasteiger partial charge in [-0.05, 0) is 18.6 Å². The average Bonchev–Trinajstić information content (AvgIpc) is 1.98. The van der Waals surface area contributed by atoms with Crippen LogP contribution < -0.4 is 10.9 Å². The molecule has 1 aromatic carbocycles. The van der Waals surface area contributed by atoms with Crippen molar-refractivity contribution in [3.63, 3.8) is 0 Å². The Morgan fingerprint density at radius 1 is 1.36 bits per heavy atom. The fourth-order valence-corrected chi connectivity index (χ4v) is 0.879. The van der Waals surface area contributed by atoms with Gasteiger partial charge in [-0.1, -0.05) is 6.07 Å². The van der Waals surface area contributed by atoms with Crippen molar-refractivity contribution >= 4 is 5.69 Å². The first-order chi connectivity index (χ1) is 5.24. The van der Waals surface area contributed by atoms with E-state index in [2.05, 4.69) is 10.9 Å². The molecule has 0 unspecified atom stereocenters. The molecule has 0 aliphatic heterocycles. The summed E-state index contributed by atoms with van der Waals surface area (Å²) >= 11 is 0. The molecule has 0 aromatic heterocycles. The molecule has 3 N–H and O–H groups in total. The number of anilines is 1. The molecule has 0 fully saturated rings. The minimum atomic E-state index is 0.272. The van der Waals surface area contributed by atoms with Crippen molar-refractivity contribution in [2.24, 2.45) is 0 Å². The highest BCUT2D eigenvalue weighted by Crippen LogP contribution is 2.19. The van der Waals surface area contributed by atoms with Gasteiger partial charge in [-0.25, -0.2) is 5.43 Å². The van der Waals surface area contributed by atoms with E-state index < -0.39 is 0 Å². The zero-order valence-electron chi connectivity index (χ0n) is 6.68. The van der Waals surface area contributed by atoms with Crippen molar-refractivity contribution in [2.45, 2.75) is 6.92 Å². The number of aromatic hydroxyl groups is 1. The molecule has 1 rings (SSSR count). The molecule has 1 aromatic rings. The van der Waals surface area contributed by atoms with Crippen LogP contribution in [0.25, 0.3) is 0 Å². The van der Waals surface area contributed by atoms with E-state index in [0.717, 1.165) is 11.3 Å². The maximum absolute atomic E-state index is 9.10. The number of rotatable bonds is 2. The van der Waals surface area contributed by atoms with Gasteiger partial charge in [0.15, 0.2) is 0 Å². The predicted molar refractivity (Wildman–Crippen MR) is 45.5 cm³/mol. The summed E-state index contributed by atoms with van der Waals surface area (Å²) in [6.07, 6.45) is 0. The molecule has 0 radical (unpaired) electrons. The molecule has 0 saturated heterocycles. The second-order valence-corrected chi connectivity index (χ2v) is 2.37. The molecule has 0 aliphatic rings. The molecule has 0 amide bonds. The zero-order chi connectivity index (χ0) is 8.27. The lowest BCUT2D eigenvalue weighted by Gasteiger charge is -2.07. The quantitative estimate of drug-likeness (QED) is 0.559. The number of hydrazine groups is 1. The zero-order valence-corrected chi connectivity index (χ0v) is 6.68. The van der Waals surface area contributed by atoms with Crippen molar-refractivity contribution in [1.82, 2.24) is 5.43 Å². The molecule has 0 heterocycles. The Bertz CT molecular complexity index is 248. The van der Waals surface area contributed by atoms with Gasteiger partial charge in [0, 0.05) is 13.1 Å². The van der Waals surface area contributed by atoms with Gasteiger partial charge >= 0.3 is 0 Å². The fourth-order valence-electron chi connectivity index (χ4n) is 0.879. The Morgan fingerprint density at radius 2 is 2.09 bits per heavy atom. The number of benzene rings is 1. The van der Waals surface area contributed by atoms with Crippen molar-refractivity contribution in [3.8, 4) is 5.75 Å². The van der Waals surface area contributed by atoms with Crippen LogP contribution in [-0.4, -0.2) is 12.2 Å². The van der Waals surface area contributed by atoms with Gasteiger partial charge in [0.2, 0.25) is 0 Å². The second-order valence-electron chi connectivity index (χ2n) is 2.37. The highest BCUT2D eigenvalue weighted by Gasteiger charge is 1.96. The number of phenols is 1. The third kappa shape index (κ3) is 1.85. The predicted octanol–water partition coefficient (Wildman–Crippen LogP) is 1.25. The van der Waals surface area contributed by atoms with Gasteiger partial charge in [0.25, 0.3) is 0 Å². The van der Waals surface area contributed by atoms with Crippen LogP contribution in [-0.2, 0) is 0 Å². The Hall–Kier alpha value is -1.22. The van der Waals surface area contributed by atoms with E-state index in [1.54, 1.807) is 19.2 Å². The van der Waals surface area contributed by atoms with E-state index in [1.165, 1.54) is 0 Å². The lowest BCUT2D eigenvalue weighted by atomic mass is 10.2. The minimum Gasteiger partial charge on any atom is -0.508 e. The maximum Gasteiger partial charge on any atom is 0.117 e. The summed E-state index contributed by atoms with van der Waals surface area (Å²) in [5.41, 5.74) is 7.69. The molecule has 0 bridgehead atoms. The molecule has 60 valence electrons. The molecule has 11 heavy (non-hydrogen) atoms. The monoisotopic (exact) mass is 152 g/mol. The Balaban J connectivity index is 2.93. The topological polar surface area (TPSA) is 44.3 Å². The van der Waals surface area contributed by atoms with Gasteiger partial charge in [0.05, 0.1) is 5.69 Å². The molecule has 3 heteroatoms. The first-order valence-corrected chi connectivity index (χ1v) is 3.46. The Labute approximate surface area is 66.0 Å². The van der Waals surface area contributed by atoms with Crippen molar-refractivity contribution in [1.29, 1.82) is 0 Å². The van der Waals surface area contributed by atoms with Crippen LogP contribution in [0.5, 0.6) is 5.75 Å². The normalized spacial score (nSPS) is 9.64. The van der Waals surface area contributed by atoms with Crippen LogP contribution >= 0.6 is 0 Å². The van der Waals surface area contributed by atoms with Crippen LogP contribution in [0.2, 0.25) is 0 Å². The highest BCUT2D eigenvalue weighted by molar-refractivity contribution is 5.53. The summed E-state index contributed by atoms with van der Waals surface area (Å²) in [6.45, 7) is 1.97. The number of hydrogen-bond acceptors (Lipinski definition) is 3. The van der Waals surface area contributed by atoms with E-state index in [9.17, 15) is 0 Å². The standard InChI is InChI=1S/C8H12N2O/c1-6-3-4-7(11)5-8(6)10-9-2/h3-5,9-11H,1-2H3. The molecular weight excluding hydrogens is 140 g/mol. The Morgan fingerprint density at radius 3 is 2.73 bits per heavy atom. The first-order valence-electron chi connectivity index (χ1n) is 3.46. The summed E-state index contributed by atoms with van der Waals surface area (Å²) in [5, 5.41) is 9.10. The smallest absolute Gasteiger partial charge is 0.117 e. The summed E-state index contributed by atoms with van der Waals surface area (Å²) in [5.74, 6) is 0.272. The lowest BCUT2D eigenvalue weighted by molar-refractivity contribution is 0.475. The molecular formula is C8H12N2O. The van der Waals surface area contributed by atoms with E-state index in [4.69, 9.17) is 5.11 Å². The second kappa shape index (κ2) is 3.25. The molecule has 3 nitrogen and oxygen atoms in total. The van der Waals surface area contributed by atoms with E-state index in [-0.39, 0.29) is 5.75 Å². The highest BCUT2D eigenvalue weighted by atomic mass is 16.3. The van der Waals surface area contributed by atoms with Crippen LogP contribution in [0, 0.1) is 6.92 Å². The van der Waals surface area contributed by atoms with Crippen LogP contribution in [0.1, 0.15) is 5.56 Å².